The minimum Gasteiger partial charge on any atom is -0.375 e. The van der Waals surface area contributed by atoms with Crippen LogP contribution in [0.2, 0.25) is 0 Å². The molecule has 83 heavy (non-hydrogen) atoms. The summed E-state index contributed by atoms with van der Waals surface area (Å²) in [6, 6.07) is 64.1. The van der Waals surface area contributed by atoms with Crippen molar-refractivity contribution >= 4 is 98.9 Å². The fraction of sp³-hybridized carbons (Fsp3) is 0.342. The van der Waals surface area contributed by atoms with Crippen molar-refractivity contribution in [1.29, 1.82) is 0 Å². The Bertz CT molecular complexity index is 4660. The predicted octanol–water partition coefficient (Wildman–Crippen LogP) is 19.9. The summed E-state index contributed by atoms with van der Waals surface area (Å²) < 4.78 is 5.68. The molecule has 11 aliphatic rings. The first-order chi connectivity index (χ1) is 40.3. The maximum Gasteiger partial charge on any atom is 0.333 e. The molecular formula is C79H71BN2S. The number of benzene rings is 9. The molecule has 4 heterocycles. The third-order valence-corrected chi connectivity index (χ3v) is 25.5. The van der Waals surface area contributed by atoms with Crippen molar-refractivity contribution in [2.75, 3.05) is 4.90 Å². The number of anilines is 3. The molecule has 406 valence electrons. The molecule has 4 heteroatoms. The average molecular weight is 1090 g/mol. The van der Waals surface area contributed by atoms with Gasteiger partial charge < -0.3 is 9.38 Å². The van der Waals surface area contributed by atoms with Gasteiger partial charge in [0.15, 0.2) is 0 Å². The summed E-state index contributed by atoms with van der Waals surface area (Å²) in [6.45, 7) is 12.2. The molecule has 8 saturated carbocycles. The lowest BCUT2D eigenvalue weighted by molar-refractivity contribution is -0.00527. The Balaban J connectivity index is 0.957. The van der Waals surface area contributed by atoms with Gasteiger partial charge in [-0.3, -0.25) is 0 Å². The smallest absolute Gasteiger partial charge is 0.333 e. The van der Waals surface area contributed by atoms with Crippen LogP contribution >= 0.6 is 11.3 Å². The van der Waals surface area contributed by atoms with Gasteiger partial charge in [-0.2, -0.15) is 0 Å². The molecule has 0 saturated heterocycles. The number of nitrogens with zero attached hydrogens (tertiary/aromatic N) is 2. The molecule has 2 aliphatic heterocycles. The van der Waals surface area contributed by atoms with Gasteiger partial charge in [-0.25, -0.2) is 0 Å². The second kappa shape index (κ2) is 15.9. The number of hydrogen-bond acceptors (Lipinski definition) is 2. The quantitative estimate of drug-likeness (QED) is 0.160. The Kier molecular flexibility index (Phi) is 9.10. The van der Waals surface area contributed by atoms with Crippen LogP contribution in [0, 0.1) is 35.5 Å². The molecule has 8 fully saturated rings. The zero-order chi connectivity index (χ0) is 54.8. The lowest BCUT2D eigenvalue weighted by Crippen LogP contribution is -2.57. The van der Waals surface area contributed by atoms with E-state index in [1.54, 1.807) is 11.1 Å². The first-order valence-electron chi connectivity index (χ1n) is 32.2. The first-order valence-corrected chi connectivity index (χ1v) is 33.0. The van der Waals surface area contributed by atoms with Crippen LogP contribution in [-0.4, -0.2) is 11.3 Å². The number of fused-ring (bicyclic) bond motifs is 16. The van der Waals surface area contributed by atoms with Gasteiger partial charge in [0.25, 0.3) is 0 Å². The van der Waals surface area contributed by atoms with Gasteiger partial charge in [-0.1, -0.05) is 138 Å². The summed E-state index contributed by atoms with van der Waals surface area (Å²) >= 11 is 2.01. The molecule has 0 N–H and O–H groups in total. The summed E-state index contributed by atoms with van der Waals surface area (Å²) in [5.41, 5.74) is 26.0. The molecule has 9 aromatic carbocycles. The minimum atomic E-state index is -0.226. The molecule has 2 aromatic heterocycles. The highest BCUT2D eigenvalue weighted by Crippen LogP contribution is 2.65. The second-order valence-corrected chi connectivity index (χ2v) is 31.5. The minimum absolute atomic E-state index is 0.0374. The molecule has 2 nitrogen and oxygen atoms in total. The predicted molar refractivity (Wildman–Crippen MR) is 352 cm³/mol. The fourth-order valence-electron chi connectivity index (χ4n) is 21.7. The summed E-state index contributed by atoms with van der Waals surface area (Å²) in [5.74, 6) is 5.28. The van der Waals surface area contributed by atoms with Crippen LogP contribution in [0.25, 0.3) is 86.1 Å². The Morgan fingerprint density at radius 1 is 0.506 bits per heavy atom. The van der Waals surface area contributed by atoms with Crippen molar-refractivity contribution in [2.45, 2.75) is 133 Å². The van der Waals surface area contributed by atoms with E-state index in [-0.39, 0.29) is 23.1 Å². The van der Waals surface area contributed by atoms with E-state index >= 15 is 0 Å². The third kappa shape index (κ3) is 6.22. The zero-order valence-electron chi connectivity index (χ0n) is 48.8. The third-order valence-electron chi connectivity index (χ3n) is 24.3. The molecular weight excluding hydrogens is 1020 g/mol. The highest BCUT2D eigenvalue weighted by Gasteiger charge is 2.55. The van der Waals surface area contributed by atoms with Crippen LogP contribution in [0.3, 0.4) is 0 Å². The molecule has 9 aliphatic carbocycles. The standard InChI is InChI=1S/C79H71BN2S/c1-76(2,3)53-19-23-66(58(33-53)50-13-7-6-8-14-50)81-68-37-61-56-17-11-12-18-64(56)77(4,5)71(61)70-63-36-55(79-41-47-28-48(42-79)30-49(29-47)43-79)35-62-59-34-54(78-38-44-25-45(39-78)27-46(26-44)40-78)20-24-67(59)82(73(62)63)80(72(68)70)65-22-21-57-60-31-51-15-9-10-16-52(51)32-69(60)83-75(57)74(65)81/h6-24,31-37,44-49H,25-30,38-43H2,1-5H3. The largest absolute Gasteiger partial charge is 0.375 e. The average Bonchev–Trinajstić information content (AvgIpc) is 1.67. The van der Waals surface area contributed by atoms with E-state index in [4.69, 9.17) is 0 Å². The van der Waals surface area contributed by atoms with Gasteiger partial charge in [-0.05, 0) is 255 Å². The SMILES string of the molecule is CC(C)(C)c1ccc(N2c3cc4c(c5c3B(c3ccc6c(sc7cc8ccccc8cc76)c32)n2c3ccc(C67CC8CC(CC(C8)C6)C7)cc3c3cc(C67CC8CC(CC(C8)C6)C7)cc-5c32)C(C)(C)c2ccccc2-4)c(-c2ccccc2)c1. The molecule has 0 amide bonds. The molecule has 8 bridgehead atoms. The number of hydrogen-bond donors (Lipinski definition) is 0. The van der Waals surface area contributed by atoms with Gasteiger partial charge in [0, 0.05) is 59.5 Å². The number of thiophene rings is 1. The van der Waals surface area contributed by atoms with Crippen molar-refractivity contribution in [3.05, 3.63) is 186 Å². The van der Waals surface area contributed by atoms with Gasteiger partial charge in [0.05, 0.1) is 16.1 Å². The highest BCUT2D eigenvalue weighted by atomic mass is 32.1. The summed E-state index contributed by atoms with van der Waals surface area (Å²) in [6.07, 6.45) is 17.0. The van der Waals surface area contributed by atoms with Crippen LogP contribution in [0.1, 0.15) is 139 Å². The van der Waals surface area contributed by atoms with Crippen molar-refractivity contribution in [1.82, 2.24) is 4.48 Å². The van der Waals surface area contributed by atoms with Crippen LogP contribution in [0.15, 0.2) is 158 Å². The van der Waals surface area contributed by atoms with E-state index in [1.807, 2.05) is 11.3 Å². The number of aromatic nitrogens is 1. The van der Waals surface area contributed by atoms with Crippen LogP contribution in [0.4, 0.5) is 17.1 Å². The van der Waals surface area contributed by atoms with E-state index < -0.39 is 0 Å². The van der Waals surface area contributed by atoms with E-state index in [2.05, 4.69) is 202 Å². The normalized spacial score (nSPS) is 27.1. The Morgan fingerprint density at radius 2 is 1.14 bits per heavy atom. The maximum absolute atomic E-state index is 2.95. The van der Waals surface area contributed by atoms with Gasteiger partial charge in [0.2, 0.25) is 0 Å². The lowest BCUT2D eigenvalue weighted by Gasteiger charge is -2.57. The maximum atomic E-state index is 2.95. The summed E-state index contributed by atoms with van der Waals surface area (Å²) in [4.78, 5) is 2.83. The van der Waals surface area contributed by atoms with Crippen molar-refractivity contribution < 1.29 is 0 Å². The molecule has 0 unspecified atom stereocenters. The summed E-state index contributed by atoms with van der Waals surface area (Å²) in [7, 11) is 0. The highest BCUT2D eigenvalue weighted by molar-refractivity contribution is 7.26. The first kappa shape index (κ1) is 47.5. The fourth-order valence-corrected chi connectivity index (χ4v) is 23.0. The van der Waals surface area contributed by atoms with Gasteiger partial charge in [-0.15, -0.1) is 11.3 Å². The van der Waals surface area contributed by atoms with Crippen molar-refractivity contribution in [2.24, 2.45) is 35.5 Å². The monoisotopic (exact) mass is 1090 g/mol. The van der Waals surface area contributed by atoms with E-state index in [0.29, 0.717) is 5.41 Å². The van der Waals surface area contributed by atoms with E-state index in [1.165, 1.54) is 208 Å². The molecule has 0 radical (unpaired) electrons. The van der Waals surface area contributed by atoms with Crippen LogP contribution in [0.5, 0.6) is 0 Å². The van der Waals surface area contributed by atoms with Gasteiger partial charge in [0.1, 0.15) is 0 Å². The van der Waals surface area contributed by atoms with Crippen LogP contribution in [-0.2, 0) is 21.7 Å². The van der Waals surface area contributed by atoms with Crippen LogP contribution < -0.4 is 15.8 Å². The van der Waals surface area contributed by atoms with Crippen molar-refractivity contribution in [3.8, 4) is 33.4 Å². The lowest BCUT2D eigenvalue weighted by atomic mass is 9.44. The summed E-state index contributed by atoms with van der Waals surface area (Å²) in [5, 5.41) is 8.34. The Hall–Kier alpha value is -6.88. The number of rotatable bonds is 4. The van der Waals surface area contributed by atoms with E-state index in [0.717, 1.165) is 35.5 Å². The van der Waals surface area contributed by atoms with Crippen molar-refractivity contribution in [3.63, 3.8) is 0 Å². The second-order valence-electron chi connectivity index (χ2n) is 30.5. The zero-order valence-corrected chi connectivity index (χ0v) is 49.7. The topological polar surface area (TPSA) is 8.17 Å². The molecule has 22 rings (SSSR count). The molecule has 11 aromatic rings. The van der Waals surface area contributed by atoms with E-state index in [9.17, 15) is 0 Å². The Labute approximate surface area is 493 Å². The molecule has 0 atom stereocenters. The molecule has 0 spiro atoms. The van der Waals surface area contributed by atoms with Gasteiger partial charge >= 0.3 is 6.85 Å². The Morgan fingerprint density at radius 3 is 1.84 bits per heavy atom.